The summed E-state index contributed by atoms with van der Waals surface area (Å²) in [5.41, 5.74) is 1.31. The first-order valence-corrected chi connectivity index (χ1v) is 8.04. The molecule has 4 nitrogen and oxygen atoms in total. The molecule has 0 unspecified atom stereocenters. The van der Waals surface area contributed by atoms with Gasteiger partial charge in [-0.15, -0.1) is 11.3 Å². The van der Waals surface area contributed by atoms with Crippen molar-refractivity contribution < 1.29 is 14.3 Å². The molecule has 1 amide bonds. The number of thiophene rings is 1. The Balaban J connectivity index is 1.96. The van der Waals surface area contributed by atoms with Crippen molar-refractivity contribution in [3.8, 4) is 0 Å². The van der Waals surface area contributed by atoms with Gasteiger partial charge in [-0.1, -0.05) is 29.3 Å². The van der Waals surface area contributed by atoms with E-state index in [4.69, 9.17) is 23.2 Å². The van der Waals surface area contributed by atoms with Gasteiger partial charge in [-0.3, -0.25) is 4.79 Å². The molecule has 0 atom stereocenters. The highest BCUT2D eigenvalue weighted by molar-refractivity contribution is 7.12. The number of esters is 1. The lowest BCUT2D eigenvalue weighted by atomic mass is 10.1. The zero-order chi connectivity index (χ0) is 16.1. The van der Waals surface area contributed by atoms with Gasteiger partial charge in [-0.2, -0.15) is 0 Å². The Hall–Kier alpha value is -1.56. The van der Waals surface area contributed by atoms with E-state index in [9.17, 15) is 9.59 Å². The van der Waals surface area contributed by atoms with E-state index in [-0.39, 0.29) is 12.3 Å². The summed E-state index contributed by atoms with van der Waals surface area (Å²) < 4.78 is 4.66. The van der Waals surface area contributed by atoms with Gasteiger partial charge in [-0.05, 0) is 35.6 Å². The maximum atomic E-state index is 12.0. The van der Waals surface area contributed by atoms with Crippen LogP contribution in [0.25, 0.3) is 0 Å². The van der Waals surface area contributed by atoms with Crippen LogP contribution in [0.2, 0.25) is 10.0 Å². The van der Waals surface area contributed by atoms with Crippen LogP contribution in [0.15, 0.2) is 29.6 Å². The fraction of sp³-hybridized carbons (Fsp3) is 0.200. The Bertz CT molecular complexity index is 700. The number of methoxy groups -OCH3 is 1. The first-order valence-electron chi connectivity index (χ1n) is 6.41. The van der Waals surface area contributed by atoms with Crippen molar-refractivity contribution in [1.82, 2.24) is 0 Å². The molecular formula is C15H13Cl2NO3S. The average molecular weight is 358 g/mol. The second-order valence-electron chi connectivity index (χ2n) is 4.44. The third-order valence-electron chi connectivity index (χ3n) is 2.95. The molecule has 1 aromatic carbocycles. The number of rotatable bonds is 5. The third kappa shape index (κ3) is 4.22. The highest BCUT2D eigenvalue weighted by Crippen LogP contribution is 2.24. The number of carbonyl (C=O) groups is 2. The van der Waals surface area contributed by atoms with E-state index >= 15 is 0 Å². The lowest BCUT2D eigenvalue weighted by Gasteiger charge is -2.07. The summed E-state index contributed by atoms with van der Waals surface area (Å²) in [4.78, 5) is 23.9. The quantitative estimate of drug-likeness (QED) is 0.806. The van der Waals surface area contributed by atoms with E-state index in [1.807, 2.05) is 0 Å². The van der Waals surface area contributed by atoms with Crippen molar-refractivity contribution >= 4 is 52.1 Å². The molecule has 1 heterocycles. The highest BCUT2D eigenvalue weighted by atomic mass is 35.5. The number of halogens is 2. The lowest BCUT2D eigenvalue weighted by molar-refractivity contribution is -0.116. The van der Waals surface area contributed by atoms with Gasteiger partial charge in [-0.25, -0.2) is 4.79 Å². The molecule has 0 spiro atoms. The third-order valence-corrected chi connectivity index (χ3v) is 4.43. The molecule has 7 heteroatoms. The SMILES string of the molecule is COC(=O)c1sccc1NC(=O)CCc1ccc(Cl)cc1Cl. The van der Waals surface area contributed by atoms with Crippen LogP contribution in [0.5, 0.6) is 0 Å². The first kappa shape index (κ1) is 16.8. The number of aryl methyl sites for hydroxylation is 1. The first-order chi connectivity index (χ1) is 10.5. The minimum atomic E-state index is -0.467. The molecule has 2 aromatic rings. The summed E-state index contributed by atoms with van der Waals surface area (Å²) in [6.07, 6.45) is 0.733. The highest BCUT2D eigenvalue weighted by Gasteiger charge is 2.15. The van der Waals surface area contributed by atoms with Crippen LogP contribution in [0.1, 0.15) is 21.7 Å². The number of carbonyl (C=O) groups excluding carboxylic acids is 2. The maximum Gasteiger partial charge on any atom is 0.350 e. The van der Waals surface area contributed by atoms with E-state index in [0.717, 1.165) is 5.56 Å². The van der Waals surface area contributed by atoms with Crippen LogP contribution in [-0.2, 0) is 16.0 Å². The summed E-state index contributed by atoms with van der Waals surface area (Å²) in [7, 11) is 1.30. The van der Waals surface area contributed by atoms with Gasteiger partial charge in [0.05, 0.1) is 12.8 Å². The van der Waals surface area contributed by atoms with Gasteiger partial charge in [0.1, 0.15) is 4.88 Å². The van der Waals surface area contributed by atoms with Crippen molar-refractivity contribution in [2.24, 2.45) is 0 Å². The number of anilines is 1. The molecule has 0 aliphatic rings. The Morgan fingerprint density at radius 3 is 2.73 bits per heavy atom. The minimum absolute atomic E-state index is 0.199. The van der Waals surface area contributed by atoms with Crippen molar-refractivity contribution in [3.63, 3.8) is 0 Å². The fourth-order valence-electron chi connectivity index (χ4n) is 1.84. The largest absolute Gasteiger partial charge is 0.465 e. The van der Waals surface area contributed by atoms with Crippen molar-refractivity contribution in [3.05, 3.63) is 50.1 Å². The van der Waals surface area contributed by atoms with Crippen molar-refractivity contribution in [1.29, 1.82) is 0 Å². The van der Waals surface area contributed by atoms with Crippen LogP contribution >= 0.6 is 34.5 Å². The zero-order valence-electron chi connectivity index (χ0n) is 11.7. The Labute approximate surface area is 142 Å². The van der Waals surface area contributed by atoms with E-state index in [0.29, 0.717) is 27.0 Å². The Morgan fingerprint density at radius 1 is 1.27 bits per heavy atom. The molecular weight excluding hydrogens is 345 g/mol. The molecule has 2 rings (SSSR count). The number of hydrogen-bond donors (Lipinski definition) is 1. The normalized spacial score (nSPS) is 10.3. The van der Waals surface area contributed by atoms with Gasteiger partial charge in [0.25, 0.3) is 0 Å². The molecule has 0 saturated carbocycles. The summed E-state index contributed by atoms with van der Waals surface area (Å²) in [6, 6.07) is 6.84. The van der Waals surface area contributed by atoms with E-state index in [2.05, 4.69) is 10.1 Å². The number of ether oxygens (including phenoxy) is 1. The topological polar surface area (TPSA) is 55.4 Å². The summed E-state index contributed by atoms with van der Waals surface area (Å²) >= 11 is 13.1. The molecule has 0 aliphatic heterocycles. The van der Waals surface area contributed by atoms with Gasteiger partial charge >= 0.3 is 5.97 Å². The van der Waals surface area contributed by atoms with Gasteiger partial charge < -0.3 is 10.1 Å². The second kappa shape index (κ2) is 7.63. The summed E-state index contributed by atoms with van der Waals surface area (Å²) in [6.45, 7) is 0. The van der Waals surface area contributed by atoms with Crippen molar-refractivity contribution in [2.45, 2.75) is 12.8 Å². The van der Waals surface area contributed by atoms with E-state index in [1.54, 1.807) is 29.6 Å². The van der Waals surface area contributed by atoms with Crippen LogP contribution in [0.3, 0.4) is 0 Å². The average Bonchev–Trinajstić information content (AvgIpc) is 2.93. The second-order valence-corrected chi connectivity index (χ2v) is 6.20. The smallest absolute Gasteiger partial charge is 0.350 e. The van der Waals surface area contributed by atoms with E-state index < -0.39 is 5.97 Å². The zero-order valence-corrected chi connectivity index (χ0v) is 14.0. The van der Waals surface area contributed by atoms with Crippen LogP contribution < -0.4 is 5.32 Å². The van der Waals surface area contributed by atoms with Gasteiger partial charge in [0.2, 0.25) is 5.91 Å². The number of nitrogens with one attached hydrogen (secondary N) is 1. The fourth-order valence-corrected chi connectivity index (χ4v) is 3.11. The van der Waals surface area contributed by atoms with Crippen LogP contribution in [-0.4, -0.2) is 19.0 Å². The monoisotopic (exact) mass is 357 g/mol. The predicted molar refractivity (Wildman–Crippen MR) is 89.1 cm³/mol. The van der Waals surface area contributed by atoms with E-state index in [1.165, 1.54) is 18.4 Å². The van der Waals surface area contributed by atoms with Gasteiger partial charge in [0, 0.05) is 16.5 Å². The Kier molecular flexibility index (Phi) is 5.83. The summed E-state index contributed by atoms with van der Waals surface area (Å²) in [5.74, 6) is -0.666. The molecule has 1 N–H and O–H groups in total. The van der Waals surface area contributed by atoms with Crippen LogP contribution in [0, 0.1) is 0 Å². The standard InChI is InChI=1S/C15H13Cl2NO3S/c1-21-15(20)14-12(6-7-22-14)18-13(19)5-3-9-2-4-10(16)8-11(9)17/h2,4,6-8H,3,5H2,1H3,(H,18,19). The minimum Gasteiger partial charge on any atom is -0.465 e. The molecule has 116 valence electrons. The molecule has 0 fully saturated rings. The lowest BCUT2D eigenvalue weighted by Crippen LogP contribution is -2.14. The predicted octanol–water partition coefficient (Wildman–Crippen LogP) is 4.41. The Morgan fingerprint density at radius 2 is 2.05 bits per heavy atom. The number of hydrogen-bond acceptors (Lipinski definition) is 4. The molecule has 0 saturated heterocycles. The van der Waals surface area contributed by atoms with Crippen LogP contribution in [0.4, 0.5) is 5.69 Å². The molecule has 22 heavy (non-hydrogen) atoms. The molecule has 0 radical (unpaired) electrons. The number of benzene rings is 1. The number of amides is 1. The maximum absolute atomic E-state index is 12.0. The molecule has 0 bridgehead atoms. The molecule has 0 aliphatic carbocycles. The summed E-state index contributed by atoms with van der Waals surface area (Å²) in [5, 5.41) is 5.52. The van der Waals surface area contributed by atoms with Crippen molar-refractivity contribution in [2.75, 3.05) is 12.4 Å². The van der Waals surface area contributed by atoms with Gasteiger partial charge in [0.15, 0.2) is 0 Å². The molecule has 1 aromatic heterocycles.